The molecule has 1 fully saturated rings. The van der Waals surface area contributed by atoms with Crippen molar-refractivity contribution in [3.05, 3.63) is 0 Å². The molecule has 2 atom stereocenters. The van der Waals surface area contributed by atoms with Crippen molar-refractivity contribution >= 4 is 0 Å². The SMILES string of the molecule is CC.CC.CCC1CCCCCCC1CC. The van der Waals surface area contributed by atoms with Crippen molar-refractivity contribution in [1.29, 1.82) is 0 Å². The summed E-state index contributed by atoms with van der Waals surface area (Å²) < 4.78 is 0. The molecule has 0 nitrogen and oxygen atoms in total. The van der Waals surface area contributed by atoms with Gasteiger partial charge in [-0.3, -0.25) is 0 Å². The van der Waals surface area contributed by atoms with Gasteiger partial charge in [-0.1, -0.05) is 92.9 Å². The van der Waals surface area contributed by atoms with Gasteiger partial charge in [0.1, 0.15) is 0 Å². The van der Waals surface area contributed by atoms with E-state index in [0.29, 0.717) is 0 Å². The lowest BCUT2D eigenvalue weighted by Crippen LogP contribution is -2.15. The van der Waals surface area contributed by atoms with E-state index in [1.54, 1.807) is 0 Å². The number of rotatable bonds is 2. The maximum absolute atomic E-state index is 2.37. The first kappa shape index (κ1) is 18.4. The Morgan fingerprint density at radius 2 is 0.938 bits per heavy atom. The van der Waals surface area contributed by atoms with Crippen LogP contribution in [0.5, 0.6) is 0 Å². The molecule has 0 heteroatoms. The van der Waals surface area contributed by atoms with Crippen LogP contribution in [-0.2, 0) is 0 Å². The first-order valence-electron chi connectivity index (χ1n) is 7.88. The molecule has 0 radical (unpaired) electrons. The maximum Gasteiger partial charge on any atom is -0.0389 e. The Labute approximate surface area is 105 Å². The van der Waals surface area contributed by atoms with E-state index < -0.39 is 0 Å². The molecule has 0 aromatic heterocycles. The van der Waals surface area contributed by atoms with Gasteiger partial charge in [-0.15, -0.1) is 0 Å². The predicted molar refractivity (Wildman–Crippen MR) is 78.0 cm³/mol. The van der Waals surface area contributed by atoms with Gasteiger partial charge in [-0.2, -0.15) is 0 Å². The fourth-order valence-electron chi connectivity index (χ4n) is 2.71. The third kappa shape index (κ3) is 8.19. The summed E-state index contributed by atoms with van der Waals surface area (Å²) in [6, 6.07) is 0. The highest BCUT2D eigenvalue weighted by molar-refractivity contribution is 4.70. The Kier molecular flexibility index (Phi) is 17.2. The second kappa shape index (κ2) is 15.0. The van der Waals surface area contributed by atoms with Crippen LogP contribution in [0.2, 0.25) is 0 Å². The molecule has 0 aromatic rings. The first-order valence-corrected chi connectivity index (χ1v) is 7.88. The van der Waals surface area contributed by atoms with Crippen molar-refractivity contribution in [2.24, 2.45) is 11.8 Å². The van der Waals surface area contributed by atoms with Gasteiger partial charge >= 0.3 is 0 Å². The van der Waals surface area contributed by atoms with Gasteiger partial charge in [0.25, 0.3) is 0 Å². The third-order valence-electron chi connectivity index (χ3n) is 3.62. The van der Waals surface area contributed by atoms with Crippen molar-refractivity contribution in [3.8, 4) is 0 Å². The number of hydrogen-bond donors (Lipinski definition) is 0. The molecule has 16 heavy (non-hydrogen) atoms. The monoisotopic (exact) mass is 228 g/mol. The Bertz CT molecular complexity index is 92.6. The quantitative estimate of drug-likeness (QED) is 0.510. The van der Waals surface area contributed by atoms with Gasteiger partial charge in [0, 0.05) is 0 Å². The Morgan fingerprint density at radius 3 is 1.19 bits per heavy atom. The molecule has 0 aliphatic heterocycles. The normalized spacial score (nSPS) is 25.1. The summed E-state index contributed by atoms with van der Waals surface area (Å²) in [5.41, 5.74) is 0. The second-order valence-electron chi connectivity index (χ2n) is 4.33. The topological polar surface area (TPSA) is 0 Å². The highest BCUT2D eigenvalue weighted by Crippen LogP contribution is 2.31. The highest BCUT2D eigenvalue weighted by atomic mass is 14.2. The van der Waals surface area contributed by atoms with Crippen LogP contribution < -0.4 is 0 Å². The van der Waals surface area contributed by atoms with Crippen LogP contribution in [0.3, 0.4) is 0 Å². The van der Waals surface area contributed by atoms with Crippen molar-refractivity contribution in [1.82, 2.24) is 0 Å². The van der Waals surface area contributed by atoms with Crippen LogP contribution in [0.1, 0.15) is 92.9 Å². The summed E-state index contributed by atoms with van der Waals surface area (Å²) in [7, 11) is 0. The van der Waals surface area contributed by atoms with Crippen molar-refractivity contribution < 1.29 is 0 Å². The summed E-state index contributed by atoms with van der Waals surface area (Å²) in [6.07, 6.45) is 11.8. The molecule has 0 spiro atoms. The molecule has 0 aromatic carbocycles. The van der Waals surface area contributed by atoms with Gasteiger partial charge in [0.05, 0.1) is 0 Å². The standard InChI is InChI=1S/C12H24.2C2H6/c1-3-11-9-7-5-6-8-10-12(11)4-2;2*1-2/h11-12H,3-10H2,1-2H3;2*1-2H3. The van der Waals surface area contributed by atoms with Gasteiger partial charge in [0.2, 0.25) is 0 Å². The molecule has 1 saturated carbocycles. The van der Waals surface area contributed by atoms with Crippen LogP contribution in [0, 0.1) is 11.8 Å². The molecule has 1 aliphatic rings. The molecule has 1 rings (SSSR count). The fourth-order valence-corrected chi connectivity index (χ4v) is 2.71. The molecule has 100 valence electrons. The summed E-state index contributed by atoms with van der Waals surface area (Å²) in [5.74, 6) is 2.10. The van der Waals surface area contributed by atoms with Crippen LogP contribution in [0.15, 0.2) is 0 Å². The average molecular weight is 228 g/mol. The van der Waals surface area contributed by atoms with Gasteiger partial charge in [-0.25, -0.2) is 0 Å². The van der Waals surface area contributed by atoms with Gasteiger partial charge in [-0.05, 0) is 11.8 Å². The largest absolute Gasteiger partial charge is 0.0683 e. The van der Waals surface area contributed by atoms with Crippen LogP contribution in [0.4, 0.5) is 0 Å². The lowest BCUT2D eigenvalue weighted by atomic mass is 9.79. The van der Waals surface area contributed by atoms with E-state index in [-0.39, 0.29) is 0 Å². The minimum Gasteiger partial charge on any atom is -0.0683 e. The van der Waals surface area contributed by atoms with E-state index in [1.165, 1.54) is 51.4 Å². The van der Waals surface area contributed by atoms with E-state index in [0.717, 1.165) is 11.8 Å². The zero-order valence-corrected chi connectivity index (χ0v) is 12.8. The molecular formula is C16H36. The highest BCUT2D eigenvalue weighted by Gasteiger charge is 2.18. The van der Waals surface area contributed by atoms with E-state index in [4.69, 9.17) is 0 Å². The predicted octanol–water partition coefficient (Wildman–Crippen LogP) is 6.45. The lowest BCUT2D eigenvalue weighted by Gasteiger charge is -2.27. The van der Waals surface area contributed by atoms with Gasteiger partial charge < -0.3 is 0 Å². The zero-order valence-electron chi connectivity index (χ0n) is 12.8. The second-order valence-corrected chi connectivity index (χ2v) is 4.33. The van der Waals surface area contributed by atoms with Gasteiger partial charge in [0.15, 0.2) is 0 Å². The minimum absolute atomic E-state index is 1.05. The first-order chi connectivity index (χ1) is 7.88. The summed E-state index contributed by atoms with van der Waals surface area (Å²) in [5, 5.41) is 0. The van der Waals surface area contributed by atoms with Crippen LogP contribution in [-0.4, -0.2) is 0 Å². The van der Waals surface area contributed by atoms with E-state index in [9.17, 15) is 0 Å². The summed E-state index contributed by atoms with van der Waals surface area (Å²) in [6.45, 7) is 12.7. The zero-order chi connectivity index (χ0) is 12.8. The molecule has 2 unspecified atom stereocenters. The smallest absolute Gasteiger partial charge is 0.0389 e. The molecule has 1 aliphatic carbocycles. The number of hydrogen-bond acceptors (Lipinski definition) is 0. The van der Waals surface area contributed by atoms with Crippen molar-refractivity contribution in [2.45, 2.75) is 92.9 Å². The molecule has 0 saturated heterocycles. The van der Waals surface area contributed by atoms with E-state index >= 15 is 0 Å². The van der Waals surface area contributed by atoms with E-state index in [2.05, 4.69) is 13.8 Å². The molecular weight excluding hydrogens is 192 g/mol. The third-order valence-corrected chi connectivity index (χ3v) is 3.62. The van der Waals surface area contributed by atoms with Crippen LogP contribution in [0.25, 0.3) is 0 Å². The fraction of sp³-hybridized carbons (Fsp3) is 1.00. The summed E-state index contributed by atoms with van der Waals surface area (Å²) >= 11 is 0. The summed E-state index contributed by atoms with van der Waals surface area (Å²) in [4.78, 5) is 0. The van der Waals surface area contributed by atoms with Crippen LogP contribution >= 0.6 is 0 Å². The Hall–Kier alpha value is 0. The molecule has 0 bridgehead atoms. The van der Waals surface area contributed by atoms with Crippen molar-refractivity contribution in [2.75, 3.05) is 0 Å². The minimum atomic E-state index is 1.05. The Balaban J connectivity index is 0. The maximum atomic E-state index is 2.37. The van der Waals surface area contributed by atoms with Crippen molar-refractivity contribution in [3.63, 3.8) is 0 Å². The Morgan fingerprint density at radius 1 is 0.625 bits per heavy atom. The molecule has 0 heterocycles. The molecule has 0 amide bonds. The van der Waals surface area contributed by atoms with E-state index in [1.807, 2.05) is 27.7 Å². The lowest BCUT2D eigenvalue weighted by molar-refractivity contribution is 0.247. The average Bonchev–Trinajstić information content (AvgIpc) is 2.34. The molecule has 0 N–H and O–H groups in total.